The van der Waals surface area contributed by atoms with Crippen LogP contribution in [0.4, 0.5) is 0 Å². The molecular weight excluding hydrogens is 334 g/mol. The number of allylic oxidation sites excluding steroid dienone is 2. The van der Waals surface area contributed by atoms with Gasteiger partial charge in [0.05, 0.1) is 4.91 Å². The Morgan fingerprint density at radius 1 is 1.00 bits per heavy atom. The van der Waals surface area contributed by atoms with E-state index in [1.54, 1.807) is 4.90 Å². The van der Waals surface area contributed by atoms with Crippen LogP contribution in [-0.4, -0.2) is 21.7 Å². The van der Waals surface area contributed by atoms with Crippen molar-refractivity contribution < 1.29 is 4.79 Å². The third-order valence-corrected chi connectivity index (χ3v) is 5.07. The lowest BCUT2D eigenvalue weighted by atomic mass is 10.1. The lowest BCUT2D eigenvalue weighted by Gasteiger charge is -2.14. The summed E-state index contributed by atoms with van der Waals surface area (Å²) in [4.78, 5) is 14.9. The number of hydrogen-bond acceptors (Lipinski definition) is 3. The Hall–Kier alpha value is -2.17. The van der Waals surface area contributed by atoms with Crippen molar-refractivity contribution in [2.75, 3.05) is 6.54 Å². The Bertz CT molecular complexity index is 782. The first-order chi connectivity index (χ1) is 11.7. The van der Waals surface area contributed by atoms with Gasteiger partial charge in [0.2, 0.25) is 0 Å². The van der Waals surface area contributed by atoms with E-state index in [0.717, 1.165) is 12.0 Å². The standard InChI is InChI=1S/C20H17NOS2/c22-19-18(13-7-12-16-8-3-1-4-9-16)24-20(23)21(19)15-14-17-10-5-2-6-11-17/h1-13H,14-15H2/b12-7+,18-13-. The number of benzene rings is 2. The van der Waals surface area contributed by atoms with Crippen LogP contribution in [0, 0.1) is 0 Å². The highest BCUT2D eigenvalue weighted by molar-refractivity contribution is 8.26. The Morgan fingerprint density at radius 3 is 2.38 bits per heavy atom. The minimum absolute atomic E-state index is 0.00126. The molecule has 1 saturated heterocycles. The van der Waals surface area contributed by atoms with E-state index in [2.05, 4.69) is 12.1 Å². The molecule has 0 spiro atoms. The molecule has 0 saturated carbocycles. The van der Waals surface area contributed by atoms with Crippen molar-refractivity contribution in [3.05, 3.63) is 88.8 Å². The van der Waals surface area contributed by atoms with E-state index < -0.39 is 0 Å². The lowest BCUT2D eigenvalue weighted by Crippen LogP contribution is -2.30. The number of carbonyl (C=O) groups is 1. The topological polar surface area (TPSA) is 20.3 Å². The average Bonchev–Trinajstić information content (AvgIpc) is 2.89. The van der Waals surface area contributed by atoms with Gasteiger partial charge in [0.15, 0.2) is 0 Å². The van der Waals surface area contributed by atoms with E-state index in [0.29, 0.717) is 15.8 Å². The Morgan fingerprint density at radius 2 is 1.67 bits per heavy atom. The van der Waals surface area contributed by atoms with Crippen LogP contribution in [0.1, 0.15) is 11.1 Å². The summed E-state index contributed by atoms with van der Waals surface area (Å²) in [6, 6.07) is 20.1. The van der Waals surface area contributed by atoms with Crippen molar-refractivity contribution in [3.8, 4) is 0 Å². The smallest absolute Gasteiger partial charge is 0.266 e. The van der Waals surface area contributed by atoms with Crippen molar-refractivity contribution in [2.24, 2.45) is 0 Å². The molecule has 2 nitrogen and oxygen atoms in total. The number of thiocarbonyl (C=S) groups is 1. The normalized spacial score (nSPS) is 16.5. The van der Waals surface area contributed by atoms with Crippen molar-refractivity contribution in [3.63, 3.8) is 0 Å². The molecule has 3 rings (SSSR count). The molecule has 0 unspecified atom stereocenters. The molecule has 2 aromatic carbocycles. The highest BCUT2D eigenvalue weighted by Gasteiger charge is 2.31. The first-order valence-corrected chi connectivity index (χ1v) is 8.97. The molecule has 0 aliphatic carbocycles. The number of rotatable bonds is 5. The molecule has 1 aliphatic heterocycles. The second-order valence-corrected chi connectivity index (χ2v) is 7.04. The van der Waals surface area contributed by atoms with Crippen molar-refractivity contribution >= 4 is 40.3 Å². The number of amides is 1. The van der Waals surface area contributed by atoms with Crippen molar-refractivity contribution in [2.45, 2.75) is 6.42 Å². The predicted octanol–water partition coefficient (Wildman–Crippen LogP) is 4.69. The molecular formula is C20H17NOS2. The molecule has 0 atom stereocenters. The molecule has 0 bridgehead atoms. The van der Waals surface area contributed by atoms with Gasteiger partial charge in [0.25, 0.3) is 5.91 Å². The first-order valence-electron chi connectivity index (χ1n) is 7.75. The summed E-state index contributed by atoms with van der Waals surface area (Å²) in [7, 11) is 0. The number of thioether (sulfide) groups is 1. The first kappa shape index (κ1) is 16.7. The fourth-order valence-corrected chi connectivity index (χ4v) is 3.66. The minimum Gasteiger partial charge on any atom is -0.293 e. The summed E-state index contributed by atoms with van der Waals surface area (Å²) >= 11 is 6.73. The highest BCUT2D eigenvalue weighted by Crippen LogP contribution is 2.31. The lowest BCUT2D eigenvalue weighted by molar-refractivity contribution is -0.122. The Balaban J connectivity index is 1.63. The van der Waals surface area contributed by atoms with Crippen LogP contribution in [-0.2, 0) is 11.2 Å². The number of carbonyl (C=O) groups excluding carboxylic acids is 1. The molecule has 1 heterocycles. The zero-order valence-corrected chi connectivity index (χ0v) is 14.7. The van der Waals surface area contributed by atoms with Crippen LogP contribution in [0.25, 0.3) is 6.08 Å². The number of hydrogen-bond donors (Lipinski definition) is 0. The molecule has 0 N–H and O–H groups in total. The third kappa shape index (κ3) is 4.22. The van der Waals surface area contributed by atoms with Gasteiger partial charge in [-0.1, -0.05) is 96.8 Å². The number of nitrogens with zero attached hydrogens (tertiary/aromatic N) is 1. The maximum Gasteiger partial charge on any atom is 0.266 e. The van der Waals surface area contributed by atoms with E-state index in [4.69, 9.17) is 12.2 Å². The van der Waals surface area contributed by atoms with Crippen molar-refractivity contribution in [1.82, 2.24) is 4.90 Å². The van der Waals surface area contributed by atoms with Crippen molar-refractivity contribution in [1.29, 1.82) is 0 Å². The summed E-state index contributed by atoms with van der Waals surface area (Å²) in [6.45, 7) is 0.619. The summed E-state index contributed by atoms with van der Waals surface area (Å²) in [6.07, 6.45) is 6.53. The predicted molar refractivity (Wildman–Crippen MR) is 106 cm³/mol. The van der Waals surface area contributed by atoms with Gasteiger partial charge in [-0.25, -0.2) is 0 Å². The molecule has 0 aromatic heterocycles. The summed E-state index contributed by atoms with van der Waals surface area (Å²) in [5.41, 5.74) is 2.31. The van der Waals surface area contributed by atoms with Crippen LogP contribution in [0.15, 0.2) is 77.7 Å². The second kappa shape index (κ2) is 8.08. The largest absolute Gasteiger partial charge is 0.293 e. The van der Waals surface area contributed by atoms with Gasteiger partial charge in [-0.3, -0.25) is 9.69 Å². The molecule has 0 radical (unpaired) electrons. The maximum atomic E-state index is 12.5. The van der Waals surface area contributed by atoms with Crippen LogP contribution < -0.4 is 0 Å². The van der Waals surface area contributed by atoms with Gasteiger partial charge in [0, 0.05) is 6.54 Å². The van der Waals surface area contributed by atoms with E-state index in [1.165, 1.54) is 17.3 Å². The van der Waals surface area contributed by atoms with Crippen LogP contribution in [0.2, 0.25) is 0 Å². The van der Waals surface area contributed by atoms with E-state index in [9.17, 15) is 4.79 Å². The molecule has 1 aliphatic rings. The molecule has 1 fully saturated rings. The Labute approximate surface area is 151 Å². The summed E-state index contributed by atoms with van der Waals surface area (Å²) in [5.74, 6) is -0.00126. The van der Waals surface area contributed by atoms with Gasteiger partial charge in [-0.2, -0.15) is 0 Å². The van der Waals surface area contributed by atoms with Crippen LogP contribution in [0.3, 0.4) is 0 Å². The third-order valence-electron chi connectivity index (χ3n) is 3.68. The molecule has 24 heavy (non-hydrogen) atoms. The average molecular weight is 351 g/mol. The molecule has 1 amide bonds. The van der Waals surface area contributed by atoms with E-state index >= 15 is 0 Å². The summed E-state index contributed by atoms with van der Waals surface area (Å²) < 4.78 is 0.635. The van der Waals surface area contributed by atoms with Crippen LogP contribution >= 0.6 is 24.0 Å². The quantitative estimate of drug-likeness (QED) is 0.576. The minimum atomic E-state index is -0.00126. The maximum absolute atomic E-state index is 12.5. The van der Waals surface area contributed by atoms with Gasteiger partial charge in [0.1, 0.15) is 4.32 Å². The second-order valence-electron chi connectivity index (χ2n) is 5.36. The highest BCUT2D eigenvalue weighted by atomic mass is 32.2. The van der Waals surface area contributed by atoms with Gasteiger partial charge >= 0.3 is 0 Å². The van der Waals surface area contributed by atoms with Gasteiger partial charge in [-0.15, -0.1) is 0 Å². The molecule has 4 heteroatoms. The van der Waals surface area contributed by atoms with E-state index in [1.807, 2.05) is 66.8 Å². The van der Waals surface area contributed by atoms with Gasteiger partial charge < -0.3 is 0 Å². The summed E-state index contributed by atoms with van der Waals surface area (Å²) in [5, 5.41) is 0. The SMILES string of the molecule is O=C1/C(=C/C=C/c2ccccc2)SC(=S)N1CCc1ccccc1. The fourth-order valence-electron chi connectivity index (χ4n) is 2.40. The van der Waals surface area contributed by atoms with E-state index in [-0.39, 0.29) is 5.91 Å². The van der Waals surface area contributed by atoms with Gasteiger partial charge in [-0.05, 0) is 23.6 Å². The zero-order valence-electron chi connectivity index (χ0n) is 13.1. The Kier molecular flexibility index (Phi) is 5.62. The fraction of sp³-hybridized carbons (Fsp3) is 0.100. The monoisotopic (exact) mass is 351 g/mol. The zero-order chi connectivity index (χ0) is 16.8. The molecule has 2 aromatic rings. The van der Waals surface area contributed by atoms with Crippen LogP contribution in [0.5, 0.6) is 0 Å². The molecule has 120 valence electrons.